The lowest BCUT2D eigenvalue weighted by Gasteiger charge is -2.01. The van der Waals surface area contributed by atoms with Crippen LogP contribution in [0.2, 0.25) is 0 Å². The lowest BCUT2D eigenvalue weighted by molar-refractivity contribution is -0.138. The molecule has 0 aromatic heterocycles. The number of rotatable bonds is 2. The Labute approximate surface area is 64.6 Å². The van der Waals surface area contributed by atoms with Crippen molar-refractivity contribution in [1.29, 1.82) is 0 Å². The zero-order valence-electron chi connectivity index (χ0n) is 6.31. The van der Waals surface area contributed by atoms with Crippen molar-refractivity contribution in [2.45, 2.75) is 6.92 Å². The van der Waals surface area contributed by atoms with Crippen LogP contribution in [0.5, 0.6) is 0 Å². The Balaban J connectivity index is 2.59. The largest absolute Gasteiger partial charge is 0.461 e. The third kappa shape index (κ3) is 1.54. The second-order valence-corrected chi connectivity index (χ2v) is 2.04. The number of hydrogen-bond donors (Lipinski definition) is 3. The lowest BCUT2D eigenvalue weighted by Crippen LogP contribution is -2.20. The van der Waals surface area contributed by atoms with Gasteiger partial charge in [0.25, 0.3) is 0 Å². The maximum absolute atomic E-state index is 11.0. The highest BCUT2D eigenvalue weighted by molar-refractivity contribution is 5.88. The summed E-state index contributed by atoms with van der Waals surface area (Å²) in [5.74, 6) is -0.0570. The van der Waals surface area contributed by atoms with Crippen molar-refractivity contribution in [3.8, 4) is 0 Å². The summed E-state index contributed by atoms with van der Waals surface area (Å²) in [6.07, 6.45) is 0. The first-order chi connectivity index (χ1) is 5.25. The molecular weight excluding hydrogens is 146 g/mol. The van der Waals surface area contributed by atoms with E-state index in [4.69, 9.17) is 10.5 Å². The average molecular weight is 157 g/mol. The van der Waals surface area contributed by atoms with E-state index in [9.17, 15) is 4.79 Å². The fourth-order valence-corrected chi connectivity index (χ4v) is 0.797. The molecule has 1 aliphatic rings. The Morgan fingerprint density at radius 3 is 2.91 bits per heavy atom. The van der Waals surface area contributed by atoms with Crippen LogP contribution in [0.1, 0.15) is 6.92 Å². The van der Waals surface area contributed by atoms with Crippen LogP contribution < -0.4 is 16.4 Å². The molecule has 0 atom stereocenters. The molecule has 0 saturated heterocycles. The van der Waals surface area contributed by atoms with E-state index in [1.165, 1.54) is 0 Å². The summed E-state index contributed by atoms with van der Waals surface area (Å²) in [6, 6.07) is 0. The molecule has 11 heavy (non-hydrogen) atoms. The van der Waals surface area contributed by atoms with E-state index in [-0.39, 0.29) is 0 Å². The summed E-state index contributed by atoms with van der Waals surface area (Å²) in [6.45, 7) is 2.59. The third-order valence-corrected chi connectivity index (χ3v) is 1.29. The summed E-state index contributed by atoms with van der Waals surface area (Å²) in [5, 5.41) is 5.51. The average Bonchev–Trinajstić information content (AvgIpc) is 2.36. The molecule has 0 saturated carbocycles. The third-order valence-electron chi connectivity index (χ3n) is 1.29. The minimum absolute atomic E-state index is 0.326. The fraction of sp³-hybridized carbons (Fsp3) is 0.500. The number of nitrogens with two attached hydrogens (primary N) is 1. The van der Waals surface area contributed by atoms with Crippen LogP contribution in [0.15, 0.2) is 11.5 Å². The molecule has 0 aromatic rings. The Kier molecular flexibility index (Phi) is 2.20. The summed E-state index contributed by atoms with van der Waals surface area (Å²) < 4.78 is 4.72. The molecule has 0 spiro atoms. The molecule has 0 unspecified atom stereocenters. The number of hydrogen-bond acceptors (Lipinski definition) is 5. The number of carbonyl (C=O) groups is 1. The molecule has 4 N–H and O–H groups in total. The Hall–Kier alpha value is -1.39. The molecule has 5 nitrogen and oxygen atoms in total. The first kappa shape index (κ1) is 7.71. The zero-order valence-corrected chi connectivity index (χ0v) is 6.31. The second kappa shape index (κ2) is 3.14. The highest BCUT2D eigenvalue weighted by Crippen LogP contribution is 1.99. The predicted octanol–water partition coefficient (Wildman–Crippen LogP) is -1.17. The number of carbonyl (C=O) groups excluding carboxylic acids is 1. The SMILES string of the molecule is CCOC(=O)C1=C(N)NCN1. The summed E-state index contributed by atoms with van der Waals surface area (Å²) in [4.78, 5) is 11.0. The standard InChI is InChI=1S/C6H11N3O2/c1-2-11-6(10)4-5(7)9-3-8-4/h8-9H,2-3,7H2,1H3. The Morgan fingerprint density at radius 1 is 1.73 bits per heavy atom. The van der Waals surface area contributed by atoms with Crippen molar-refractivity contribution in [2.24, 2.45) is 5.73 Å². The van der Waals surface area contributed by atoms with Crippen LogP contribution in [0.4, 0.5) is 0 Å². The maximum atomic E-state index is 11.0. The van der Waals surface area contributed by atoms with Gasteiger partial charge in [-0.2, -0.15) is 0 Å². The van der Waals surface area contributed by atoms with Crippen molar-refractivity contribution in [1.82, 2.24) is 10.6 Å². The van der Waals surface area contributed by atoms with Crippen LogP contribution in [0.3, 0.4) is 0 Å². The van der Waals surface area contributed by atoms with Gasteiger partial charge in [-0.15, -0.1) is 0 Å². The number of nitrogens with one attached hydrogen (secondary N) is 2. The highest BCUT2D eigenvalue weighted by Gasteiger charge is 2.18. The molecule has 0 amide bonds. The topological polar surface area (TPSA) is 76.4 Å². The minimum atomic E-state index is -0.407. The van der Waals surface area contributed by atoms with Gasteiger partial charge in [-0.3, -0.25) is 0 Å². The van der Waals surface area contributed by atoms with E-state index in [2.05, 4.69) is 10.6 Å². The summed E-state index contributed by atoms with van der Waals surface area (Å²) in [7, 11) is 0. The van der Waals surface area contributed by atoms with Gasteiger partial charge in [0, 0.05) is 0 Å². The molecular formula is C6H11N3O2. The predicted molar refractivity (Wildman–Crippen MR) is 39.0 cm³/mol. The maximum Gasteiger partial charge on any atom is 0.358 e. The molecule has 5 heteroatoms. The van der Waals surface area contributed by atoms with E-state index in [1.807, 2.05) is 0 Å². The second-order valence-electron chi connectivity index (χ2n) is 2.04. The molecule has 1 heterocycles. The van der Waals surface area contributed by atoms with Crippen LogP contribution in [-0.4, -0.2) is 19.2 Å². The Morgan fingerprint density at radius 2 is 2.45 bits per heavy atom. The van der Waals surface area contributed by atoms with Crippen LogP contribution >= 0.6 is 0 Å². The molecule has 0 fully saturated rings. The summed E-state index contributed by atoms with van der Waals surface area (Å²) >= 11 is 0. The van der Waals surface area contributed by atoms with E-state index in [1.54, 1.807) is 6.92 Å². The Bertz CT molecular complexity index is 200. The zero-order chi connectivity index (χ0) is 8.27. The minimum Gasteiger partial charge on any atom is -0.461 e. The number of ether oxygens (including phenoxy) is 1. The van der Waals surface area contributed by atoms with Gasteiger partial charge in [-0.25, -0.2) is 4.79 Å². The lowest BCUT2D eigenvalue weighted by atomic mass is 10.4. The van der Waals surface area contributed by atoms with Gasteiger partial charge in [-0.05, 0) is 6.92 Å². The molecule has 0 bridgehead atoms. The smallest absolute Gasteiger partial charge is 0.358 e. The van der Waals surface area contributed by atoms with E-state index in [0.29, 0.717) is 24.8 Å². The molecule has 1 rings (SSSR count). The quantitative estimate of drug-likeness (QED) is 0.440. The van der Waals surface area contributed by atoms with Crippen molar-refractivity contribution in [3.63, 3.8) is 0 Å². The molecule has 0 aliphatic carbocycles. The van der Waals surface area contributed by atoms with Crippen molar-refractivity contribution >= 4 is 5.97 Å². The van der Waals surface area contributed by atoms with Gasteiger partial charge in [0.2, 0.25) is 0 Å². The normalized spacial score (nSPS) is 15.7. The van der Waals surface area contributed by atoms with Gasteiger partial charge in [0.1, 0.15) is 5.82 Å². The molecule has 62 valence electrons. The van der Waals surface area contributed by atoms with Crippen molar-refractivity contribution in [3.05, 3.63) is 11.5 Å². The monoisotopic (exact) mass is 157 g/mol. The van der Waals surface area contributed by atoms with Gasteiger partial charge < -0.3 is 21.1 Å². The van der Waals surface area contributed by atoms with E-state index in [0.717, 1.165) is 0 Å². The highest BCUT2D eigenvalue weighted by atomic mass is 16.5. The van der Waals surface area contributed by atoms with Crippen molar-refractivity contribution < 1.29 is 9.53 Å². The van der Waals surface area contributed by atoms with Gasteiger partial charge >= 0.3 is 5.97 Å². The number of esters is 1. The molecule has 0 radical (unpaired) electrons. The van der Waals surface area contributed by atoms with E-state index < -0.39 is 5.97 Å². The molecule has 1 aliphatic heterocycles. The fourth-order valence-electron chi connectivity index (χ4n) is 0.797. The van der Waals surface area contributed by atoms with Gasteiger partial charge in [0.05, 0.1) is 13.3 Å². The van der Waals surface area contributed by atoms with Gasteiger partial charge in [0.15, 0.2) is 5.70 Å². The van der Waals surface area contributed by atoms with Crippen molar-refractivity contribution in [2.75, 3.05) is 13.3 Å². The van der Waals surface area contributed by atoms with Crippen LogP contribution in [0.25, 0.3) is 0 Å². The first-order valence-corrected chi connectivity index (χ1v) is 3.40. The molecule has 0 aromatic carbocycles. The first-order valence-electron chi connectivity index (χ1n) is 3.40. The van der Waals surface area contributed by atoms with Crippen LogP contribution in [0, 0.1) is 0 Å². The van der Waals surface area contributed by atoms with Crippen LogP contribution in [-0.2, 0) is 9.53 Å². The van der Waals surface area contributed by atoms with E-state index >= 15 is 0 Å². The van der Waals surface area contributed by atoms with Gasteiger partial charge in [-0.1, -0.05) is 0 Å². The summed E-state index contributed by atoms with van der Waals surface area (Å²) in [5.41, 5.74) is 5.74.